The summed E-state index contributed by atoms with van der Waals surface area (Å²) < 4.78 is 0.819. The largest absolute Gasteiger partial charge is 1.00 e. The van der Waals surface area contributed by atoms with Crippen LogP contribution in [0.3, 0.4) is 0 Å². The minimum atomic E-state index is 0. The summed E-state index contributed by atoms with van der Waals surface area (Å²) in [4.78, 5) is 0. The van der Waals surface area contributed by atoms with Crippen molar-refractivity contribution in [1.82, 2.24) is 0 Å². The summed E-state index contributed by atoms with van der Waals surface area (Å²) >= 11 is 12.3. The molecule has 0 atom stereocenters. The van der Waals surface area contributed by atoms with Gasteiger partial charge in [0.25, 0.3) is 0 Å². The van der Waals surface area contributed by atoms with Gasteiger partial charge in [0.2, 0.25) is 0 Å². The fourth-order valence-electron chi connectivity index (χ4n) is 0.719. The predicted molar refractivity (Wildman–Crippen MR) is 72.5 cm³/mol. The molecule has 0 saturated heterocycles. The average molecular weight is 276 g/mol. The van der Waals surface area contributed by atoms with Crippen molar-refractivity contribution in [2.24, 2.45) is 5.73 Å². The first-order chi connectivity index (χ1) is 6.13. The summed E-state index contributed by atoms with van der Waals surface area (Å²) in [6, 6.07) is 0. The van der Waals surface area contributed by atoms with Gasteiger partial charge in [0.1, 0.15) is 4.32 Å². The SMILES string of the molecule is [NH-]C(=S)SCCCCCSC(N)=S.[Na+]. The molecule has 3 N–H and O–H groups in total. The molecule has 0 spiro atoms. The third kappa shape index (κ3) is 15.9. The third-order valence-corrected chi connectivity index (χ3v) is 3.51. The molecule has 0 fully saturated rings. The number of unbranched alkanes of at least 4 members (excludes halogenated alkanes) is 2. The van der Waals surface area contributed by atoms with Crippen LogP contribution in [-0.2, 0) is 0 Å². The van der Waals surface area contributed by atoms with E-state index in [9.17, 15) is 0 Å². The zero-order valence-electron chi connectivity index (χ0n) is 8.25. The Bertz CT molecular complexity index is 159. The van der Waals surface area contributed by atoms with E-state index in [0.29, 0.717) is 4.32 Å². The van der Waals surface area contributed by atoms with E-state index < -0.39 is 0 Å². The molecule has 2 nitrogen and oxygen atoms in total. The molecule has 0 aromatic heterocycles. The van der Waals surface area contributed by atoms with Crippen molar-refractivity contribution < 1.29 is 29.6 Å². The second-order valence-electron chi connectivity index (χ2n) is 2.36. The first-order valence-electron chi connectivity index (χ1n) is 3.93. The first-order valence-corrected chi connectivity index (χ1v) is 6.72. The van der Waals surface area contributed by atoms with Gasteiger partial charge in [-0.05, 0) is 22.9 Å². The summed E-state index contributed by atoms with van der Waals surface area (Å²) in [6.45, 7) is 0. The van der Waals surface area contributed by atoms with Gasteiger partial charge in [-0.25, -0.2) is 0 Å². The van der Waals surface area contributed by atoms with E-state index in [2.05, 4.69) is 12.2 Å². The molecule has 0 radical (unpaired) electrons. The fourth-order valence-corrected chi connectivity index (χ4v) is 2.30. The predicted octanol–water partition coefficient (Wildman–Crippen LogP) is 0.208. The van der Waals surface area contributed by atoms with Crippen LogP contribution in [0.4, 0.5) is 0 Å². The summed E-state index contributed by atoms with van der Waals surface area (Å²) in [5.41, 5.74) is 12.3. The van der Waals surface area contributed by atoms with E-state index in [4.69, 9.17) is 23.7 Å². The van der Waals surface area contributed by atoms with Crippen molar-refractivity contribution in [1.29, 1.82) is 0 Å². The van der Waals surface area contributed by atoms with Gasteiger partial charge in [0.15, 0.2) is 0 Å². The van der Waals surface area contributed by atoms with Gasteiger partial charge < -0.3 is 11.5 Å². The summed E-state index contributed by atoms with van der Waals surface area (Å²) in [5, 5.41) is 0. The Morgan fingerprint density at radius 1 is 1.07 bits per heavy atom. The van der Waals surface area contributed by atoms with E-state index in [-0.39, 0.29) is 33.9 Å². The van der Waals surface area contributed by atoms with E-state index >= 15 is 0 Å². The van der Waals surface area contributed by atoms with Gasteiger partial charge in [0.05, 0.1) is 0 Å². The number of nitrogens with one attached hydrogen (secondary N) is 1. The van der Waals surface area contributed by atoms with Gasteiger partial charge >= 0.3 is 29.6 Å². The van der Waals surface area contributed by atoms with Gasteiger partial charge in [0, 0.05) is 5.75 Å². The van der Waals surface area contributed by atoms with Crippen molar-refractivity contribution in [3.8, 4) is 0 Å². The van der Waals surface area contributed by atoms with Crippen LogP contribution < -0.4 is 35.3 Å². The van der Waals surface area contributed by atoms with Crippen LogP contribution in [0.25, 0.3) is 5.73 Å². The number of nitrogens with two attached hydrogens (primary N) is 1. The Balaban J connectivity index is 0. The van der Waals surface area contributed by atoms with Crippen molar-refractivity contribution in [3.63, 3.8) is 0 Å². The monoisotopic (exact) mass is 276 g/mol. The van der Waals surface area contributed by atoms with Crippen LogP contribution in [0, 0.1) is 0 Å². The second-order valence-corrected chi connectivity index (χ2v) is 5.97. The van der Waals surface area contributed by atoms with Crippen LogP contribution >= 0.6 is 48.0 Å². The Kier molecular flexibility index (Phi) is 16.0. The quantitative estimate of drug-likeness (QED) is 0.427. The Morgan fingerprint density at radius 2 is 1.57 bits per heavy atom. The minimum Gasteiger partial charge on any atom is -0.684 e. The maximum atomic E-state index is 7.01. The maximum absolute atomic E-state index is 7.01. The Labute approximate surface area is 127 Å². The van der Waals surface area contributed by atoms with E-state index in [1.807, 2.05) is 0 Å². The zero-order valence-corrected chi connectivity index (χ0v) is 13.5. The zero-order chi connectivity index (χ0) is 10.1. The van der Waals surface area contributed by atoms with Crippen molar-refractivity contribution in [2.75, 3.05) is 11.5 Å². The van der Waals surface area contributed by atoms with Crippen LogP contribution in [0.15, 0.2) is 0 Å². The van der Waals surface area contributed by atoms with Crippen molar-refractivity contribution in [2.45, 2.75) is 19.3 Å². The van der Waals surface area contributed by atoms with Gasteiger partial charge in [-0.15, -0.1) is 11.8 Å². The third-order valence-electron chi connectivity index (χ3n) is 1.27. The average Bonchev–Trinajstić information content (AvgIpc) is 2.01. The maximum Gasteiger partial charge on any atom is 1.00 e. The molecule has 14 heavy (non-hydrogen) atoms. The number of rotatable bonds is 6. The number of thioether (sulfide) groups is 2. The molecule has 0 unspecified atom stereocenters. The molecule has 0 aromatic rings. The molecule has 0 amide bonds. The Morgan fingerprint density at radius 3 is 2.00 bits per heavy atom. The molecule has 0 rings (SSSR count). The molecular formula is C7H13N2NaS4. The smallest absolute Gasteiger partial charge is 0.684 e. The van der Waals surface area contributed by atoms with Crippen LogP contribution in [0.5, 0.6) is 0 Å². The molecular weight excluding hydrogens is 263 g/mol. The molecule has 0 aliphatic rings. The standard InChI is InChI=1S/C7H14N2S4.Na/c8-6(10)12-4-2-1-3-5-13-7(9)11;/h1-5H2,(H4,8,9,10,11);/q;+1/p-1. The molecule has 0 aliphatic heterocycles. The Hall–Kier alpha value is 1.48. The number of hydrogen-bond donors (Lipinski definition) is 1. The van der Waals surface area contributed by atoms with Crippen LogP contribution in [-0.4, -0.2) is 20.1 Å². The van der Waals surface area contributed by atoms with Gasteiger partial charge in [-0.2, -0.15) is 0 Å². The van der Waals surface area contributed by atoms with E-state index in [0.717, 1.165) is 30.8 Å². The van der Waals surface area contributed by atoms with Gasteiger partial charge in [-0.3, -0.25) is 0 Å². The topological polar surface area (TPSA) is 49.8 Å². The normalized spacial score (nSPS) is 9.14. The van der Waals surface area contributed by atoms with E-state index in [1.54, 1.807) is 0 Å². The molecule has 0 bridgehead atoms. The van der Waals surface area contributed by atoms with Crippen molar-refractivity contribution >= 4 is 56.6 Å². The molecule has 76 valence electrons. The molecule has 0 saturated carbocycles. The molecule has 0 heterocycles. The van der Waals surface area contributed by atoms with Gasteiger partial charge in [-0.1, -0.05) is 42.6 Å². The minimum absolute atomic E-state index is 0. The number of hydrogen-bond acceptors (Lipinski definition) is 4. The van der Waals surface area contributed by atoms with Crippen LogP contribution in [0.2, 0.25) is 0 Å². The second kappa shape index (κ2) is 12.5. The summed E-state index contributed by atoms with van der Waals surface area (Å²) in [7, 11) is 0. The van der Waals surface area contributed by atoms with Crippen LogP contribution in [0.1, 0.15) is 19.3 Å². The fraction of sp³-hybridized carbons (Fsp3) is 0.714. The number of thiocarbonyl (C=S) groups is 2. The summed E-state index contributed by atoms with van der Waals surface area (Å²) in [6.07, 6.45) is 3.40. The summed E-state index contributed by atoms with van der Waals surface area (Å²) in [5.74, 6) is 1.96. The van der Waals surface area contributed by atoms with E-state index in [1.165, 1.54) is 23.5 Å². The molecule has 7 heteroatoms. The first kappa shape index (κ1) is 17.9. The molecule has 0 aliphatic carbocycles. The van der Waals surface area contributed by atoms with Crippen molar-refractivity contribution in [3.05, 3.63) is 5.73 Å². The molecule has 0 aromatic carbocycles.